The van der Waals surface area contributed by atoms with E-state index in [0.29, 0.717) is 26.3 Å². The first-order chi connectivity index (χ1) is 11.8. The van der Waals surface area contributed by atoms with Gasteiger partial charge in [-0.2, -0.15) is 0 Å². The standard InChI is InChI=1S/C15H13F4N3O3/c16-10-8-20-13(21-14(10)22-3-5-24-6-4-22)9-1-2-11(23)12(7-9)25-15(17,18)19/h1-2,7-8,23H,3-6H2. The van der Waals surface area contributed by atoms with Crippen LogP contribution in [0.1, 0.15) is 0 Å². The quantitative estimate of drug-likeness (QED) is 0.850. The third-order valence-corrected chi connectivity index (χ3v) is 3.48. The lowest BCUT2D eigenvalue weighted by atomic mass is 10.2. The molecular weight excluding hydrogens is 346 g/mol. The van der Waals surface area contributed by atoms with Crippen molar-refractivity contribution in [1.29, 1.82) is 0 Å². The minimum absolute atomic E-state index is 0.00918. The molecule has 2 aromatic rings. The van der Waals surface area contributed by atoms with E-state index < -0.39 is 23.7 Å². The van der Waals surface area contributed by atoms with Crippen LogP contribution in [0, 0.1) is 5.82 Å². The molecular formula is C15H13F4N3O3. The van der Waals surface area contributed by atoms with Crippen LogP contribution in [0.25, 0.3) is 11.4 Å². The van der Waals surface area contributed by atoms with Crippen molar-refractivity contribution in [3.8, 4) is 22.9 Å². The van der Waals surface area contributed by atoms with Crippen molar-refractivity contribution in [2.24, 2.45) is 0 Å². The number of morpholine rings is 1. The number of hydrogen-bond donors (Lipinski definition) is 1. The Morgan fingerprint density at radius 2 is 1.92 bits per heavy atom. The van der Waals surface area contributed by atoms with Crippen LogP contribution >= 0.6 is 0 Å². The van der Waals surface area contributed by atoms with E-state index in [4.69, 9.17) is 4.74 Å². The summed E-state index contributed by atoms with van der Waals surface area (Å²) in [6.07, 6.45) is -4.01. The monoisotopic (exact) mass is 359 g/mol. The number of benzene rings is 1. The van der Waals surface area contributed by atoms with E-state index in [-0.39, 0.29) is 17.2 Å². The van der Waals surface area contributed by atoms with Gasteiger partial charge in [-0.1, -0.05) is 0 Å². The molecule has 0 spiro atoms. The Kier molecular flexibility index (Phi) is 4.62. The van der Waals surface area contributed by atoms with Gasteiger partial charge in [0.25, 0.3) is 0 Å². The fourth-order valence-corrected chi connectivity index (χ4v) is 2.35. The fraction of sp³-hybridized carbons (Fsp3) is 0.333. The number of nitrogens with zero attached hydrogens (tertiary/aromatic N) is 3. The largest absolute Gasteiger partial charge is 0.573 e. The molecule has 0 radical (unpaired) electrons. The van der Waals surface area contributed by atoms with Gasteiger partial charge in [0, 0.05) is 18.7 Å². The number of aromatic hydroxyl groups is 1. The SMILES string of the molecule is Oc1ccc(-c2ncc(F)c(N3CCOCC3)n2)cc1OC(F)(F)F. The van der Waals surface area contributed by atoms with Crippen molar-refractivity contribution >= 4 is 5.82 Å². The third kappa shape index (κ3) is 4.08. The molecule has 1 aromatic heterocycles. The molecule has 6 nitrogen and oxygen atoms in total. The van der Waals surface area contributed by atoms with E-state index >= 15 is 0 Å². The third-order valence-electron chi connectivity index (χ3n) is 3.48. The van der Waals surface area contributed by atoms with Gasteiger partial charge in [0.1, 0.15) is 0 Å². The number of phenolic OH excluding ortho intramolecular Hbond substituents is 1. The average Bonchev–Trinajstić information content (AvgIpc) is 2.57. The van der Waals surface area contributed by atoms with Crippen molar-refractivity contribution in [2.75, 3.05) is 31.2 Å². The van der Waals surface area contributed by atoms with Gasteiger partial charge >= 0.3 is 6.36 Å². The molecule has 0 saturated carbocycles. The van der Waals surface area contributed by atoms with Gasteiger partial charge in [0.15, 0.2) is 29.0 Å². The topological polar surface area (TPSA) is 67.7 Å². The molecule has 0 unspecified atom stereocenters. The van der Waals surface area contributed by atoms with Crippen molar-refractivity contribution in [3.63, 3.8) is 0 Å². The highest BCUT2D eigenvalue weighted by atomic mass is 19.4. The van der Waals surface area contributed by atoms with Crippen LogP contribution in [0.5, 0.6) is 11.5 Å². The van der Waals surface area contributed by atoms with E-state index in [1.54, 1.807) is 4.90 Å². The second-order valence-electron chi connectivity index (χ2n) is 5.19. The first-order valence-corrected chi connectivity index (χ1v) is 7.28. The molecule has 1 saturated heterocycles. The van der Waals surface area contributed by atoms with Crippen LogP contribution in [0.4, 0.5) is 23.4 Å². The number of anilines is 1. The average molecular weight is 359 g/mol. The Balaban J connectivity index is 1.95. The number of phenols is 1. The molecule has 25 heavy (non-hydrogen) atoms. The van der Waals surface area contributed by atoms with E-state index in [9.17, 15) is 22.7 Å². The first-order valence-electron chi connectivity index (χ1n) is 7.28. The molecule has 1 fully saturated rings. The minimum atomic E-state index is -4.96. The summed E-state index contributed by atoms with van der Waals surface area (Å²) in [4.78, 5) is 9.57. The summed E-state index contributed by atoms with van der Waals surface area (Å²) in [6.45, 7) is 1.71. The number of hydrogen-bond acceptors (Lipinski definition) is 6. The predicted molar refractivity (Wildman–Crippen MR) is 78.8 cm³/mol. The first kappa shape index (κ1) is 17.2. The van der Waals surface area contributed by atoms with Gasteiger partial charge in [-0.15, -0.1) is 13.2 Å². The molecule has 0 amide bonds. The molecule has 1 N–H and O–H groups in total. The molecule has 2 heterocycles. The van der Waals surface area contributed by atoms with E-state index in [2.05, 4.69) is 14.7 Å². The molecule has 10 heteroatoms. The van der Waals surface area contributed by atoms with Crippen molar-refractivity contribution < 1.29 is 32.1 Å². The highest BCUT2D eigenvalue weighted by Crippen LogP contribution is 2.34. The van der Waals surface area contributed by atoms with E-state index in [0.717, 1.165) is 18.3 Å². The van der Waals surface area contributed by atoms with Crippen molar-refractivity contribution in [3.05, 3.63) is 30.2 Å². The Bertz CT molecular complexity index is 764. The van der Waals surface area contributed by atoms with Crippen LogP contribution in [-0.4, -0.2) is 47.7 Å². The zero-order chi connectivity index (χ0) is 18.0. The molecule has 134 valence electrons. The van der Waals surface area contributed by atoms with E-state index in [1.165, 1.54) is 6.07 Å². The van der Waals surface area contributed by atoms with Crippen LogP contribution < -0.4 is 9.64 Å². The Morgan fingerprint density at radius 1 is 1.20 bits per heavy atom. The Hall–Kier alpha value is -2.62. The van der Waals surface area contributed by atoms with Crippen LogP contribution in [0.3, 0.4) is 0 Å². The highest BCUT2D eigenvalue weighted by Gasteiger charge is 2.32. The van der Waals surface area contributed by atoms with Gasteiger partial charge in [-0.3, -0.25) is 0 Å². The van der Waals surface area contributed by atoms with Crippen molar-refractivity contribution in [1.82, 2.24) is 9.97 Å². The second-order valence-corrected chi connectivity index (χ2v) is 5.19. The number of aromatic nitrogens is 2. The molecule has 0 aliphatic carbocycles. The number of alkyl halides is 3. The molecule has 1 aliphatic rings. The second kappa shape index (κ2) is 6.71. The summed E-state index contributed by atoms with van der Waals surface area (Å²) in [6, 6.07) is 3.28. The molecule has 1 aliphatic heterocycles. The molecule has 0 bridgehead atoms. The smallest absolute Gasteiger partial charge is 0.504 e. The summed E-state index contributed by atoms with van der Waals surface area (Å²) in [5, 5.41) is 9.50. The normalized spacial score (nSPS) is 15.3. The number of rotatable bonds is 3. The zero-order valence-electron chi connectivity index (χ0n) is 12.8. The summed E-state index contributed by atoms with van der Waals surface area (Å²) in [5.74, 6) is -2.06. The number of ether oxygens (including phenoxy) is 2. The van der Waals surface area contributed by atoms with Crippen LogP contribution in [0.15, 0.2) is 24.4 Å². The summed E-state index contributed by atoms with van der Waals surface area (Å²) in [7, 11) is 0. The molecule has 3 rings (SSSR count). The van der Waals surface area contributed by atoms with Crippen LogP contribution in [0.2, 0.25) is 0 Å². The predicted octanol–water partition coefficient (Wildman–Crippen LogP) is 2.72. The van der Waals surface area contributed by atoms with Gasteiger partial charge in [0.05, 0.1) is 19.4 Å². The summed E-state index contributed by atoms with van der Waals surface area (Å²) >= 11 is 0. The molecule has 0 atom stereocenters. The Morgan fingerprint density at radius 3 is 2.60 bits per heavy atom. The van der Waals surface area contributed by atoms with Crippen molar-refractivity contribution in [2.45, 2.75) is 6.36 Å². The lowest BCUT2D eigenvalue weighted by Crippen LogP contribution is -2.37. The molecule has 1 aromatic carbocycles. The van der Waals surface area contributed by atoms with E-state index in [1.807, 2.05) is 0 Å². The highest BCUT2D eigenvalue weighted by molar-refractivity contribution is 5.62. The zero-order valence-corrected chi connectivity index (χ0v) is 12.8. The van der Waals surface area contributed by atoms with Gasteiger partial charge < -0.3 is 19.5 Å². The minimum Gasteiger partial charge on any atom is -0.504 e. The number of halogens is 4. The maximum Gasteiger partial charge on any atom is 0.573 e. The summed E-state index contributed by atoms with van der Waals surface area (Å²) in [5.41, 5.74) is 0.145. The fourth-order valence-electron chi connectivity index (χ4n) is 2.35. The maximum atomic E-state index is 14.0. The maximum absolute atomic E-state index is 14.0. The lowest BCUT2D eigenvalue weighted by Gasteiger charge is -2.28. The van der Waals surface area contributed by atoms with Gasteiger partial charge in [-0.05, 0) is 18.2 Å². The lowest BCUT2D eigenvalue weighted by molar-refractivity contribution is -0.275. The van der Waals surface area contributed by atoms with Crippen LogP contribution in [-0.2, 0) is 4.74 Å². The van der Waals surface area contributed by atoms with Gasteiger partial charge in [-0.25, -0.2) is 14.4 Å². The van der Waals surface area contributed by atoms with Gasteiger partial charge in [0.2, 0.25) is 0 Å². The Labute approximate surface area is 139 Å². The summed E-state index contributed by atoms with van der Waals surface area (Å²) < 4.78 is 60.1.